The van der Waals surface area contributed by atoms with E-state index in [1.54, 1.807) is 0 Å². The molecule has 27 heavy (non-hydrogen) atoms. The van der Waals surface area contributed by atoms with E-state index < -0.39 is 0 Å². The van der Waals surface area contributed by atoms with E-state index in [1.807, 2.05) is 11.3 Å². The molecular weight excluding hydrogens is 356 g/mol. The van der Waals surface area contributed by atoms with E-state index in [9.17, 15) is 0 Å². The number of rotatable bonds is 4. The molecule has 4 N–H and O–H groups in total. The van der Waals surface area contributed by atoms with Gasteiger partial charge in [-0.25, -0.2) is 0 Å². The number of hydrogen-bond acceptors (Lipinski definition) is 3. The summed E-state index contributed by atoms with van der Waals surface area (Å²) in [5.41, 5.74) is 13.7. The van der Waals surface area contributed by atoms with Crippen molar-refractivity contribution in [2.24, 2.45) is 11.5 Å². The lowest BCUT2D eigenvalue weighted by molar-refractivity contribution is -0.107. The normalized spacial score (nSPS) is 10.4. The molecule has 1 unspecified atom stereocenters. The van der Waals surface area contributed by atoms with Crippen molar-refractivity contribution in [2.45, 2.75) is 26.2 Å². The number of amides is 2. The predicted octanol–water partition coefficient (Wildman–Crippen LogP) is 4.33. The van der Waals surface area contributed by atoms with Crippen LogP contribution in [0.3, 0.4) is 0 Å². The summed E-state index contributed by atoms with van der Waals surface area (Å²) in [5, 5.41) is 2.15. The van der Waals surface area contributed by atoms with Gasteiger partial charge in [-0.05, 0) is 40.1 Å². The van der Waals surface area contributed by atoms with Crippen LogP contribution in [-0.2, 0) is 16.0 Å². The highest BCUT2D eigenvalue weighted by Crippen LogP contribution is 2.29. The first-order valence-electron chi connectivity index (χ1n) is 8.64. The molecule has 3 aromatic rings. The highest BCUT2D eigenvalue weighted by atomic mass is 32.1. The number of aryl methyl sites for hydroxylation is 1. The number of carbonyl (C=O) groups excluding carboxylic acids is 2. The van der Waals surface area contributed by atoms with Crippen molar-refractivity contribution in [3.8, 4) is 11.1 Å². The van der Waals surface area contributed by atoms with Gasteiger partial charge in [0.1, 0.15) is 0 Å². The van der Waals surface area contributed by atoms with E-state index in [0.717, 1.165) is 6.42 Å². The first-order valence-corrected chi connectivity index (χ1v) is 9.52. The van der Waals surface area contributed by atoms with Crippen LogP contribution in [0.5, 0.6) is 0 Å². The van der Waals surface area contributed by atoms with E-state index in [1.165, 1.54) is 27.1 Å². The third kappa shape index (κ3) is 7.07. The molecule has 2 aromatic carbocycles. The molecule has 0 bridgehead atoms. The van der Waals surface area contributed by atoms with Crippen molar-refractivity contribution in [3.05, 3.63) is 82.0 Å². The van der Waals surface area contributed by atoms with Crippen molar-refractivity contribution in [3.63, 3.8) is 0 Å². The van der Waals surface area contributed by atoms with Crippen LogP contribution in [0.15, 0.2) is 66.0 Å². The fraction of sp³-hybridized carbons (Fsp3) is 0.182. The Bertz CT molecular complexity index is 776. The van der Waals surface area contributed by atoms with Crippen molar-refractivity contribution < 1.29 is 9.59 Å². The van der Waals surface area contributed by atoms with Gasteiger partial charge in [-0.2, -0.15) is 0 Å². The highest BCUT2D eigenvalue weighted by molar-refractivity contribution is 7.10. The van der Waals surface area contributed by atoms with Gasteiger partial charge in [-0.15, -0.1) is 11.3 Å². The number of nitrogens with two attached hydrogens (primary N) is 2. The lowest BCUT2D eigenvalue weighted by Gasteiger charge is -2.11. The number of thiophene rings is 1. The zero-order valence-electron chi connectivity index (χ0n) is 15.7. The van der Waals surface area contributed by atoms with Crippen molar-refractivity contribution in [1.29, 1.82) is 0 Å². The van der Waals surface area contributed by atoms with E-state index in [0.29, 0.717) is 5.92 Å². The first-order chi connectivity index (χ1) is 13.1. The Hall–Kier alpha value is -2.92. The van der Waals surface area contributed by atoms with Gasteiger partial charge >= 0.3 is 0 Å². The molecule has 5 heteroatoms. The minimum absolute atomic E-state index is 0.250. The fourth-order valence-electron chi connectivity index (χ4n) is 2.60. The second-order valence-corrected chi connectivity index (χ2v) is 6.66. The Morgan fingerprint density at radius 3 is 1.78 bits per heavy atom. The standard InChI is InChI=1S/C20H20S.2CH3NO/c1-3-16-6-8-18(9-7-16)19-12-10-17(11-13-19)15(2)20-5-4-14-21-20;2*2-1-3/h4-15H,3H2,1-2H3;2*1H,(H2,2,3). The molecule has 1 heterocycles. The molecule has 0 aliphatic heterocycles. The van der Waals surface area contributed by atoms with Crippen LogP contribution in [0.1, 0.15) is 35.8 Å². The molecule has 0 aliphatic rings. The topological polar surface area (TPSA) is 86.2 Å². The molecule has 0 saturated carbocycles. The van der Waals surface area contributed by atoms with E-state index in [-0.39, 0.29) is 12.8 Å². The van der Waals surface area contributed by atoms with Crippen LogP contribution < -0.4 is 11.5 Å². The average Bonchev–Trinajstić information content (AvgIpc) is 3.24. The zero-order chi connectivity index (χ0) is 20.1. The van der Waals surface area contributed by atoms with Crippen molar-refractivity contribution >= 4 is 24.2 Å². The molecule has 0 aliphatic carbocycles. The highest BCUT2D eigenvalue weighted by Gasteiger charge is 2.09. The number of carbonyl (C=O) groups is 2. The molecule has 0 saturated heterocycles. The Kier molecular flexibility index (Phi) is 10.2. The minimum Gasteiger partial charge on any atom is -0.372 e. The molecule has 142 valence electrons. The summed E-state index contributed by atoms with van der Waals surface area (Å²) >= 11 is 1.83. The third-order valence-corrected chi connectivity index (χ3v) is 5.13. The van der Waals surface area contributed by atoms with E-state index in [2.05, 4.69) is 91.4 Å². The quantitative estimate of drug-likeness (QED) is 0.658. The van der Waals surface area contributed by atoms with Gasteiger partial charge in [0.25, 0.3) is 0 Å². The average molecular weight is 383 g/mol. The fourth-order valence-corrected chi connectivity index (χ4v) is 3.41. The smallest absolute Gasteiger partial charge is 0.204 e. The van der Waals surface area contributed by atoms with Crippen LogP contribution >= 0.6 is 11.3 Å². The molecule has 1 atom stereocenters. The third-order valence-electron chi connectivity index (χ3n) is 4.08. The Labute approximate surface area is 164 Å². The summed E-state index contributed by atoms with van der Waals surface area (Å²) in [5.74, 6) is 0.474. The monoisotopic (exact) mass is 382 g/mol. The van der Waals surface area contributed by atoms with Crippen LogP contribution in [0.4, 0.5) is 0 Å². The van der Waals surface area contributed by atoms with E-state index in [4.69, 9.17) is 9.59 Å². The summed E-state index contributed by atoms with van der Waals surface area (Å²) in [4.78, 5) is 18.6. The number of hydrogen-bond donors (Lipinski definition) is 2. The zero-order valence-corrected chi connectivity index (χ0v) is 16.5. The molecule has 3 rings (SSSR count). The second-order valence-electron chi connectivity index (χ2n) is 5.68. The largest absolute Gasteiger partial charge is 0.372 e. The maximum Gasteiger partial charge on any atom is 0.204 e. The molecule has 4 nitrogen and oxygen atoms in total. The minimum atomic E-state index is 0.250. The van der Waals surface area contributed by atoms with E-state index >= 15 is 0 Å². The molecule has 2 amide bonds. The lowest BCUT2D eigenvalue weighted by Crippen LogP contribution is -1.92. The molecule has 1 aromatic heterocycles. The van der Waals surface area contributed by atoms with Gasteiger partial charge in [0.05, 0.1) is 0 Å². The van der Waals surface area contributed by atoms with Crippen molar-refractivity contribution in [2.75, 3.05) is 0 Å². The second kappa shape index (κ2) is 12.4. The van der Waals surface area contributed by atoms with Crippen LogP contribution in [0, 0.1) is 0 Å². The summed E-state index contributed by atoms with van der Waals surface area (Å²) in [6.45, 7) is 4.46. The summed E-state index contributed by atoms with van der Waals surface area (Å²) in [6, 6.07) is 22.2. The maximum atomic E-state index is 8.58. The van der Waals surface area contributed by atoms with Gasteiger partial charge in [-0.1, -0.05) is 68.4 Å². The van der Waals surface area contributed by atoms with Crippen molar-refractivity contribution in [1.82, 2.24) is 0 Å². The summed E-state index contributed by atoms with van der Waals surface area (Å²) < 4.78 is 0. The van der Waals surface area contributed by atoms with Crippen LogP contribution in [0.25, 0.3) is 11.1 Å². The van der Waals surface area contributed by atoms with Gasteiger partial charge < -0.3 is 11.5 Å². The molecular formula is C22H26N2O2S. The summed E-state index contributed by atoms with van der Waals surface area (Å²) in [6.07, 6.45) is 1.59. The molecule has 0 spiro atoms. The Balaban J connectivity index is 0.000000540. The lowest BCUT2D eigenvalue weighted by atomic mass is 9.96. The van der Waals surface area contributed by atoms with Gasteiger partial charge in [0.15, 0.2) is 0 Å². The maximum absolute atomic E-state index is 8.58. The Morgan fingerprint density at radius 2 is 1.37 bits per heavy atom. The van der Waals surface area contributed by atoms with Crippen LogP contribution in [-0.4, -0.2) is 12.8 Å². The number of benzene rings is 2. The molecule has 0 fully saturated rings. The van der Waals surface area contributed by atoms with Gasteiger partial charge in [0.2, 0.25) is 12.8 Å². The molecule has 0 radical (unpaired) electrons. The predicted molar refractivity (Wildman–Crippen MR) is 114 cm³/mol. The van der Waals surface area contributed by atoms with Gasteiger partial charge in [0, 0.05) is 10.8 Å². The van der Waals surface area contributed by atoms with Gasteiger partial charge in [-0.3, -0.25) is 9.59 Å². The van der Waals surface area contributed by atoms with Crippen LogP contribution in [0.2, 0.25) is 0 Å². The number of primary amides is 2. The first kappa shape index (κ1) is 22.1. The summed E-state index contributed by atoms with van der Waals surface area (Å²) in [7, 11) is 0. The SMILES string of the molecule is CCc1ccc(-c2ccc(C(C)c3cccs3)cc2)cc1.NC=O.NC=O. The Morgan fingerprint density at radius 1 is 0.889 bits per heavy atom.